The van der Waals surface area contributed by atoms with E-state index in [4.69, 9.17) is 0 Å². The van der Waals surface area contributed by atoms with Crippen molar-refractivity contribution >= 4 is 38.3 Å². The van der Waals surface area contributed by atoms with Gasteiger partial charge < -0.3 is 10.4 Å². The molecule has 2 aromatic carbocycles. The van der Waals surface area contributed by atoms with Crippen LogP contribution in [-0.4, -0.2) is 16.0 Å². The molecule has 1 aromatic heterocycles. The molecule has 1 amide bonds. The Morgan fingerprint density at radius 3 is 2.69 bits per heavy atom. The van der Waals surface area contributed by atoms with Crippen LogP contribution >= 0.6 is 27.3 Å². The number of halogens is 1. The predicted molar refractivity (Wildman–Crippen MR) is 106 cm³/mol. The van der Waals surface area contributed by atoms with Crippen LogP contribution in [0.4, 0.5) is 5.13 Å². The number of carbonyl (C=O) groups is 1. The number of anilines is 1. The zero-order valence-corrected chi connectivity index (χ0v) is 16.4. The van der Waals surface area contributed by atoms with Gasteiger partial charge in [0.15, 0.2) is 5.13 Å². The Labute approximate surface area is 164 Å². The van der Waals surface area contributed by atoms with E-state index in [-0.39, 0.29) is 11.8 Å². The molecule has 6 heteroatoms. The molecule has 0 saturated carbocycles. The molecule has 4 nitrogen and oxygen atoms in total. The van der Waals surface area contributed by atoms with Gasteiger partial charge in [-0.25, -0.2) is 4.98 Å². The minimum atomic E-state index is -1.05. The predicted octanol–water partition coefficient (Wildman–Crippen LogP) is 4.73. The molecule has 4 rings (SSSR count). The standard InChI is InChI=1S/C20H17BrN2O2S/c1-20(18(25)23-19-22-9-10-26-19)16(12-5-3-2-4-6-12)15-11-13(21)7-8-14(15)17(20)24/h2-11,16-17,24H,1H3,(H,22,23,25). The smallest absolute Gasteiger partial charge is 0.236 e. The van der Waals surface area contributed by atoms with E-state index >= 15 is 0 Å². The van der Waals surface area contributed by atoms with Crippen molar-refractivity contribution in [1.29, 1.82) is 0 Å². The normalized spacial score (nSPS) is 24.3. The molecule has 0 aliphatic heterocycles. The van der Waals surface area contributed by atoms with E-state index in [0.717, 1.165) is 21.2 Å². The maximum absolute atomic E-state index is 13.3. The average Bonchev–Trinajstić information content (AvgIpc) is 3.22. The number of aliphatic hydroxyl groups is 1. The van der Waals surface area contributed by atoms with Crippen molar-refractivity contribution < 1.29 is 9.90 Å². The molecule has 0 radical (unpaired) electrons. The highest BCUT2D eigenvalue weighted by molar-refractivity contribution is 9.10. The quantitative estimate of drug-likeness (QED) is 0.633. The third kappa shape index (κ3) is 2.69. The van der Waals surface area contributed by atoms with Gasteiger partial charge in [0.25, 0.3) is 0 Å². The van der Waals surface area contributed by atoms with Gasteiger partial charge in [-0.15, -0.1) is 11.3 Å². The number of nitrogens with one attached hydrogen (secondary N) is 1. The molecule has 2 N–H and O–H groups in total. The van der Waals surface area contributed by atoms with Crippen LogP contribution in [0.15, 0.2) is 64.6 Å². The Morgan fingerprint density at radius 1 is 1.23 bits per heavy atom. The van der Waals surface area contributed by atoms with E-state index in [9.17, 15) is 9.90 Å². The molecule has 0 spiro atoms. The van der Waals surface area contributed by atoms with Crippen LogP contribution in [0.3, 0.4) is 0 Å². The fourth-order valence-electron chi connectivity index (χ4n) is 3.79. The molecule has 26 heavy (non-hydrogen) atoms. The number of carbonyl (C=O) groups excluding carboxylic acids is 1. The first-order chi connectivity index (χ1) is 12.5. The Bertz CT molecular complexity index is 946. The average molecular weight is 429 g/mol. The van der Waals surface area contributed by atoms with Crippen LogP contribution < -0.4 is 5.32 Å². The van der Waals surface area contributed by atoms with Crippen LogP contribution in [-0.2, 0) is 4.79 Å². The molecular formula is C20H17BrN2O2S. The number of thiazole rings is 1. The monoisotopic (exact) mass is 428 g/mol. The highest BCUT2D eigenvalue weighted by Gasteiger charge is 2.55. The van der Waals surface area contributed by atoms with Crippen molar-refractivity contribution in [3.8, 4) is 0 Å². The van der Waals surface area contributed by atoms with Crippen LogP contribution in [0.2, 0.25) is 0 Å². The second-order valence-corrected chi connectivity index (χ2v) is 8.40. The summed E-state index contributed by atoms with van der Waals surface area (Å²) in [4.78, 5) is 17.4. The molecule has 132 valence electrons. The molecule has 1 heterocycles. The third-order valence-corrected chi connectivity index (χ3v) is 6.28. The largest absolute Gasteiger partial charge is 0.387 e. The summed E-state index contributed by atoms with van der Waals surface area (Å²) < 4.78 is 0.925. The van der Waals surface area contributed by atoms with Gasteiger partial charge in [-0.2, -0.15) is 0 Å². The summed E-state index contributed by atoms with van der Waals surface area (Å²) in [5, 5.41) is 16.4. The summed E-state index contributed by atoms with van der Waals surface area (Å²) in [5.74, 6) is -0.493. The van der Waals surface area contributed by atoms with E-state index in [1.165, 1.54) is 11.3 Å². The van der Waals surface area contributed by atoms with Crippen LogP contribution in [0.1, 0.15) is 35.6 Å². The lowest BCUT2D eigenvalue weighted by atomic mass is 9.72. The number of aromatic nitrogens is 1. The fraction of sp³-hybridized carbons (Fsp3) is 0.200. The Hall–Kier alpha value is -2.02. The van der Waals surface area contributed by atoms with Gasteiger partial charge in [-0.3, -0.25) is 4.79 Å². The van der Waals surface area contributed by atoms with Gasteiger partial charge in [0.2, 0.25) is 5.91 Å². The highest BCUT2D eigenvalue weighted by atomic mass is 79.9. The van der Waals surface area contributed by atoms with Crippen molar-refractivity contribution in [2.24, 2.45) is 5.41 Å². The number of hydrogen-bond donors (Lipinski definition) is 2. The second kappa shape index (κ2) is 6.61. The molecule has 0 fully saturated rings. The maximum atomic E-state index is 13.3. The lowest BCUT2D eigenvalue weighted by Crippen LogP contribution is -2.40. The van der Waals surface area contributed by atoms with Crippen molar-refractivity contribution in [1.82, 2.24) is 4.98 Å². The number of benzene rings is 2. The first-order valence-electron chi connectivity index (χ1n) is 8.25. The number of nitrogens with zero attached hydrogens (tertiary/aromatic N) is 1. The summed E-state index contributed by atoms with van der Waals surface area (Å²) in [6.07, 6.45) is 0.740. The summed E-state index contributed by atoms with van der Waals surface area (Å²) in [7, 11) is 0. The van der Waals surface area contributed by atoms with Gasteiger partial charge in [-0.1, -0.05) is 52.3 Å². The van der Waals surface area contributed by atoms with Gasteiger partial charge in [0, 0.05) is 22.0 Å². The second-order valence-electron chi connectivity index (χ2n) is 6.59. The molecule has 3 aromatic rings. The lowest BCUT2D eigenvalue weighted by Gasteiger charge is -2.33. The van der Waals surface area contributed by atoms with E-state index < -0.39 is 11.5 Å². The van der Waals surface area contributed by atoms with Crippen molar-refractivity contribution in [2.45, 2.75) is 18.9 Å². The number of aliphatic hydroxyl groups excluding tert-OH is 1. The maximum Gasteiger partial charge on any atom is 0.236 e. The van der Waals surface area contributed by atoms with Crippen molar-refractivity contribution in [3.63, 3.8) is 0 Å². The summed E-state index contributed by atoms with van der Waals surface area (Å²) in [5.41, 5.74) is 1.71. The number of amides is 1. The molecule has 3 unspecified atom stereocenters. The van der Waals surface area contributed by atoms with Crippen molar-refractivity contribution in [3.05, 3.63) is 81.3 Å². The first-order valence-corrected chi connectivity index (χ1v) is 9.92. The summed E-state index contributed by atoms with van der Waals surface area (Å²) >= 11 is 4.88. The van der Waals surface area contributed by atoms with E-state index in [1.54, 1.807) is 6.20 Å². The van der Waals surface area contributed by atoms with Gasteiger partial charge >= 0.3 is 0 Å². The minimum Gasteiger partial charge on any atom is -0.387 e. The zero-order valence-electron chi connectivity index (χ0n) is 14.0. The lowest BCUT2D eigenvalue weighted by molar-refractivity contribution is -0.131. The first kappa shape index (κ1) is 17.4. The Morgan fingerprint density at radius 2 is 2.00 bits per heavy atom. The van der Waals surface area contributed by atoms with Gasteiger partial charge in [0.1, 0.15) is 0 Å². The number of fused-ring (bicyclic) bond motifs is 1. The van der Waals surface area contributed by atoms with Gasteiger partial charge in [-0.05, 0) is 35.7 Å². The van der Waals surface area contributed by atoms with Crippen LogP contribution in [0.25, 0.3) is 0 Å². The molecule has 1 aliphatic carbocycles. The molecule has 0 bridgehead atoms. The summed E-state index contributed by atoms with van der Waals surface area (Å²) in [6.45, 7) is 1.83. The molecular weight excluding hydrogens is 412 g/mol. The minimum absolute atomic E-state index is 0.235. The SMILES string of the molecule is CC1(C(=O)Nc2nccs2)C(O)c2ccc(Br)cc2C1c1ccccc1. The number of rotatable bonds is 3. The Balaban J connectivity index is 1.85. The summed E-state index contributed by atoms with van der Waals surface area (Å²) in [6, 6.07) is 15.6. The van der Waals surface area contributed by atoms with E-state index in [0.29, 0.717) is 5.13 Å². The molecule has 3 atom stereocenters. The Kier molecular flexibility index (Phi) is 4.42. The third-order valence-electron chi connectivity index (χ3n) is 5.10. The van der Waals surface area contributed by atoms with E-state index in [2.05, 4.69) is 26.2 Å². The van der Waals surface area contributed by atoms with Crippen LogP contribution in [0, 0.1) is 5.41 Å². The van der Waals surface area contributed by atoms with Crippen molar-refractivity contribution in [2.75, 3.05) is 5.32 Å². The van der Waals surface area contributed by atoms with Gasteiger partial charge in [0.05, 0.1) is 11.5 Å². The fourth-order valence-corrected chi connectivity index (χ4v) is 4.69. The molecule has 0 saturated heterocycles. The van der Waals surface area contributed by atoms with Crippen LogP contribution in [0.5, 0.6) is 0 Å². The van der Waals surface area contributed by atoms with E-state index in [1.807, 2.05) is 60.8 Å². The molecule has 1 aliphatic rings. The highest BCUT2D eigenvalue weighted by Crippen LogP contribution is 2.57. The zero-order chi connectivity index (χ0) is 18.3. The topological polar surface area (TPSA) is 62.2 Å². The number of hydrogen-bond acceptors (Lipinski definition) is 4.